The predicted molar refractivity (Wildman–Crippen MR) is 114 cm³/mol. The van der Waals surface area contributed by atoms with Gasteiger partial charge in [-0.3, -0.25) is 15.1 Å². The van der Waals surface area contributed by atoms with E-state index in [0.717, 1.165) is 12.1 Å². The molecule has 1 aliphatic heterocycles. The molecule has 0 atom stereocenters. The molecule has 28 heavy (non-hydrogen) atoms. The number of nitrogens with one attached hydrogen (secondary N) is 1. The largest absolute Gasteiger partial charge is 0.466 e. The fourth-order valence-electron chi connectivity index (χ4n) is 3.30. The maximum absolute atomic E-state index is 11.5. The Labute approximate surface area is 170 Å². The van der Waals surface area contributed by atoms with Gasteiger partial charge in [-0.1, -0.05) is 37.1 Å². The van der Waals surface area contributed by atoms with Crippen LogP contribution >= 0.6 is 11.3 Å². The topological polar surface area (TPSA) is 66.8 Å². The van der Waals surface area contributed by atoms with Crippen LogP contribution in [0.25, 0.3) is 0 Å². The Hall–Kier alpha value is -2.25. The van der Waals surface area contributed by atoms with Crippen molar-refractivity contribution in [1.29, 1.82) is 0 Å². The van der Waals surface area contributed by atoms with E-state index >= 15 is 0 Å². The van der Waals surface area contributed by atoms with Crippen LogP contribution in [0.2, 0.25) is 0 Å². The van der Waals surface area contributed by atoms with E-state index in [2.05, 4.69) is 38.6 Å². The van der Waals surface area contributed by atoms with Gasteiger partial charge in [-0.25, -0.2) is 4.98 Å². The molecule has 0 spiro atoms. The Morgan fingerprint density at radius 3 is 2.86 bits per heavy atom. The number of hydrogen-bond acceptors (Lipinski definition) is 7. The van der Waals surface area contributed by atoms with Crippen LogP contribution in [0, 0.1) is 0 Å². The van der Waals surface area contributed by atoms with Crippen LogP contribution in [0.3, 0.4) is 0 Å². The van der Waals surface area contributed by atoms with Crippen LogP contribution in [-0.2, 0) is 22.5 Å². The number of hydrogen-bond donors (Lipinski definition) is 1. The van der Waals surface area contributed by atoms with Gasteiger partial charge in [-0.2, -0.15) is 5.10 Å². The van der Waals surface area contributed by atoms with E-state index < -0.39 is 0 Å². The number of thiazole rings is 1. The van der Waals surface area contributed by atoms with E-state index in [1.54, 1.807) is 6.92 Å². The lowest BCUT2D eigenvalue weighted by atomic mass is 10.1. The fraction of sp³-hybridized carbons (Fsp3) is 0.476. The Bertz CT molecular complexity index is 782. The summed E-state index contributed by atoms with van der Waals surface area (Å²) in [6, 6.07) is 8.38. The fourth-order valence-corrected chi connectivity index (χ4v) is 3.95. The molecule has 0 bridgehead atoms. The minimum absolute atomic E-state index is 0.189. The number of esters is 1. The highest BCUT2D eigenvalue weighted by Gasteiger charge is 2.11. The highest BCUT2D eigenvalue weighted by atomic mass is 32.1. The molecule has 0 radical (unpaired) electrons. The van der Waals surface area contributed by atoms with Crippen molar-refractivity contribution in [2.45, 2.75) is 45.6 Å². The van der Waals surface area contributed by atoms with E-state index in [1.165, 1.54) is 55.7 Å². The van der Waals surface area contributed by atoms with Gasteiger partial charge < -0.3 is 4.74 Å². The standard InChI is InChI=1S/C21H28N4O2S/c1-2-27-20(26)13-19-16-28-21(23-19)24-22-14-17-9-5-6-10-18(17)15-25-11-7-3-4-8-12-25/h5-6,9-10,14,16H,2-4,7-8,11-13,15H2,1H3,(H,23,24). The van der Waals surface area contributed by atoms with Crippen molar-refractivity contribution >= 4 is 28.7 Å². The molecule has 0 amide bonds. The number of anilines is 1. The lowest BCUT2D eigenvalue weighted by molar-refractivity contribution is -0.142. The van der Waals surface area contributed by atoms with Crippen LogP contribution < -0.4 is 5.43 Å². The maximum Gasteiger partial charge on any atom is 0.311 e. The van der Waals surface area contributed by atoms with Crippen LogP contribution in [0.1, 0.15) is 49.4 Å². The van der Waals surface area contributed by atoms with Crippen LogP contribution in [0.5, 0.6) is 0 Å². The van der Waals surface area contributed by atoms with Gasteiger partial charge in [0.25, 0.3) is 0 Å². The second-order valence-corrected chi connectivity index (χ2v) is 7.74. The highest BCUT2D eigenvalue weighted by molar-refractivity contribution is 7.13. The Morgan fingerprint density at radius 2 is 2.07 bits per heavy atom. The first-order valence-electron chi connectivity index (χ1n) is 9.94. The summed E-state index contributed by atoms with van der Waals surface area (Å²) in [5, 5.41) is 6.87. The zero-order chi connectivity index (χ0) is 19.6. The predicted octanol–water partition coefficient (Wildman–Crippen LogP) is 4.07. The number of aromatic nitrogens is 1. The first-order valence-corrected chi connectivity index (χ1v) is 10.8. The number of nitrogens with zero attached hydrogens (tertiary/aromatic N) is 3. The summed E-state index contributed by atoms with van der Waals surface area (Å²) in [6.07, 6.45) is 7.30. The lowest BCUT2D eigenvalue weighted by Crippen LogP contribution is -2.24. The first-order chi connectivity index (χ1) is 13.7. The molecule has 6 nitrogen and oxygen atoms in total. The second-order valence-electron chi connectivity index (χ2n) is 6.88. The molecule has 1 N–H and O–H groups in total. The third kappa shape index (κ3) is 6.42. The van der Waals surface area contributed by atoms with Crippen LogP contribution in [0.15, 0.2) is 34.7 Å². The van der Waals surface area contributed by atoms with E-state index in [1.807, 2.05) is 17.7 Å². The molecule has 7 heteroatoms. The zero-order valence-electron chi connectivity index (χ0n) is 16.4. The number of rotatable bonds is 8. The molecule has 1 aromatic carbocycles. The number of benzene rings is 1. The van der Waals surface area contributed by atoms with E-state index in [0.29, 0.717) is 17.4 Å². The molecule has 1 aliphatic rings. The molecule has 0 aliphatic carbocycles. The van der Waals surface area contributed by atoms with Crippen molar-refractivity contribution in [1.82, 2.24) is 9.88 Å². The van der Waals surface area contributed by atoms with E-state index in [9.17, 15) is 4.79 Å². The summed E-state index contributed by atoms with van der Waals surface area (Å²) in [5.41, 5.74) is 6.07. The minimum Gasteiger partial charge on any atom is -0.466 e. The van der Waals surface area contributed by atoms with Crippen molar-refractivity contribution in [3.63, 3.8) is 0 Å². The molecule has 1 aromatic heterocycles. The van der Waals surface area contributed by atoms with Crippen LogP contribution in [0.4, 0.5) is 5.13 Å². The summed E-state index contributed by atoms with van der Waals surface area (Å²) >= 11 is 1.43. The molecule has 150 valence electrons. The van der Waals surface area contributed by atoms with E-state index in [-0.39, 0.29) is 12.4 Å². The average molecular weight is 401 g/mol. The van der Waals surface area contributed by atoms with Crippen molar-refractivity contribution < 1.29 is 9.53 Å². The minimum atomic E-state index is -0.259. The number of ether oxygens (including phenoxy) is 1. The van der Waals surface area contributed by atoms with Gasteiger partial charge in [0.05, 0.1) is 24.9 Å². The smallest absolute Gasteiger partial charge is 0.311 e. The maximum atomic E-state index is 11.5. The summed E-state index contributed by atoms with van der Waals surface area (Å²) in [7, 11) is 0. The molecule has 3 rings (SSSR count). The van der Waals surface area contributed by atoms with Crippen molar-refractivity contribution in [3.05, 3.63) is 46.5 Å². The van der Waals surface area contributed by atoms with Gasteiger partial charge in [0.1, 0.15) is 0 Å². The van der Waals surface area contributed by atoms with Gasteiger partial charge in [0.2, 0.25) is 5.13 Å². The van der Waals surface area contributed by atoms with Crippen molar-refractivity contribution in [3.8, 4) is 0 Å². The van der Waals surface area contributed by atoms with Gasteiger partial charge in [-0.05, 0) is 44.0 Å². The zero-order valence-corrected chi connectivity index (χ0v) is 17.2. The van der Waals surface area contributed by atoms with E-state index in [4.69, 9.17) is 4.74 Å². The number of carbonyl (C=O) groups excluding carboxylic acids is 1. The third-order valence-corrected chi connectivity index (χ3v) is 5.49. The second kappa shape index (κ2) is 10.9. The molecule has 0 saturated carbocycles. The highest BCUT2D eigenvalue weighted by Crippen LogP contribution is 2.17. The summed E-state index contributed by atoms with van der Waals surface area (Å²) < 4.78 is 4.95. The SMILES string of the molecule is CCOC(=O)Cc1csc(NN=Cc2ccccc2CN2CCCCCC2)n1. The third-order valence-electron chi connectivity index (χ3n) is 4.69. The van der Waals surface area contributed by atoms with Crippen molar-refractivity contribution in [2.24, 2.45) is 5.10 Å². The van der Waals surface area contributed by atoms with Crippen LogP contribution in [-0.4, -0.2) is 41.8 Å². The number of hydrazone groups is 1. The van der Waals surface area contributed by atoms with Gasteiger partial charge >= 0.3 is 5.97 Å². The first kappa shape index (κ1) is 20.5. The quantitative estimate of drug-likeness (QED) is 0.411. The Balaban J connectivity index is 1.57. The lowest BCUT2D eigenvalue weighted by Gasteiger charge is -2.20. The summed E-state index contributed by atoms with van der Waals surface area (Å²) in [5.74, 6) is -0.259. The monoisotopic (exact) mass is 400 g/mol. The molecular weight excluding hydrogens is 372 g/mol. The molecule has 1 saturated heterocycles. The number of carbonyl (C=O) groups is 1. The van der Waals surface area contributed by atoms with Crippen molar-refractivity contribution in [2.75, 3.05) is 25.1 Å². The average Bonchev–Trinajstić information content (AvgIpc) is 2.96. The number of likely N-dealkylation sites (tertiary alicyclic amines) is 1. The van der Waals surface area contributed by atoms with Gasteiger partial charge in [-0.15, -0.1) is 11.3 Å². The molecule has 2 aromatic rings. The molecular formula is C21H28N4O2S. The summed E-state index contributed by atoms with van der Waals surface area (Å²) in [6.45, 7) is 5.49. The Kier molecular flexibility index (Phi) is 7.99. The Morgan fingerprint density at radius 1 is 1.29 bits per heavy atom. The molecule has 0 unspecified atom stereocenters. The van der Waals surface area contributed by atoms with Gasteiger partial charge in [0.15, 0.2) is 0 Å². The summed E-state index contributed by atoms with van der Waals surface area (Å²) in [4.78, 5) is 18.4. The molecule has 1 fully saturated rings. The molecule has 2 heterocycles. The normalized spacial score (nSPS) is 15.5. The van der Waals surface area contributed by atoms with Gasteiger partial charge in [0, 0.05) is 11.9 Å².